The molecule has 17 heavy (non-hydrogen) atoms. The topological polar surface area (TPSA) is 59.0 Å². The van der Waals surface area contributed by atoms with Crippen molar-refractivity contribution >= 4 is 5.91 Å². The minimum atomic E-state index is -0.222. The van der Waals surface area contributed by atoms with Crippen molar-refractivity contribution in [1.29, 1.82) is 0 Å². The van der Waals surface area contributed by atoms with Crippen LogP contribution in [-0.2, 0) is 14.3 Å². The van der Waals surface area contributed by atoms with E-state index < -0.39 is 0 Å². The zero-order valence-corrected chi connectivity index (χ0v) is 10.1. The Hall–Kier alpha value is -0.650. The molecule has 2 rings (SSSR count). The van der Waals surface area contributed by atoms with Crippen LogP contribution < -0.4 is 0 Å². The van der Waals surface area contributed by atoms with E-state index in [1.807, 2.05) is 0 Å². The van der Waals surface area contributed by atoms with Gasteiger partial charge in [0.1, 0.15) is 0 Å². The van der Waals surface area contributed by atoms with Crippen LogP contribution in [0.1, 0.15) is 25.7 Å². The van der Waals surface area contributed by atoms with Crippen LogP contribution in [0, 0.1) is 0 Å². The summed E-state index contributed by atoms with van der Waals surface area (Å²) >= 11 is 0. The minimum Gasteiger partial charge on any atom is -0.394 e. The number of carbonyl (C=O) groups is 1. The lowest BCUT2D eigenvalue weighted by Crippen LogP contribution is -2.47. The molecule has 2 aliphatic rings. The molecule has 2 unspecified atom stereocenters. The fraction of sp³-hybridized carbons (Fsp3) is 0.917. The maximum Gasteiger partial charge on any atom is 0.225 e. The summed E-state index contributed by atoms with van der Waals surface area (Å²) in [5, 5.41) is 9.02. The van der Waals surface area contributed by atoms with Crippen molar-refractivity contribution in [1.82, 2.24) is 4.90 Å². The van der Waals surface area contributed by atoms with Crippen molar-refractivity contribution in [2.75, 3.05) is 32.9 Å². The van der Waals surface area contributed by atoms with Crippen molar-refractivity contribution < 1.29 is 19.4 Å². The molecule has 1 amide bonds. The third-order valence-corrected chi connectivity index (χ3v) is 3.37. The smallest absolute Gasteiger partial charge is 0.225 e. The molecule has 2 heterocycles. The number of hydrogen-bond donors (Lipinski definition) is 1. The summed E-state index contributed by atoms with van der Waals surface area (Å²) in [6, 6.07) is 0. The third kappa shape index (κ3) is 3.66. The molecular formula is C12H21NO4. The molecule has 2 saturated heterocycles. The van der Waals surface area contributed by atoms with Gasteiger partial charge in [-0.05, 0) is 19.3 Å². The van der Waals surface area contributed by atoms with E-state index in [0.29, 0.717) is 26.1 Å². The fourth-order valence-corrected chi connectivity index (χ4v) is 2.35. The van der Waals surface area contributed by atoms with Gasteiger partial charge in [0, 0.05) is 19.7 Å². The number of aliphatic hydroxyl groups excluding tert-OH is 1. The summed E-state index contributed by atoms with van der Waals surface area (Å²) in [6.45, 7) is 2.40. The van der Waals surface area contributed by atoms with E-state index in [0.717, 1.165) is 25.9 Å². The average Bonchev–Trinajstić information content (AvgIpc) is 2.40. The number of nitrogens with zero attached hydrogens (tertiary/aromatic N) is 1. The fourth-order valence-electron chi connectivity index (χ4n) is 2.35. The van der Waals surface area contributed by atoms with Crippen LogP contribution in [0.2, 0.25) is 0 Å². The van der Waals surface area contributed by atoms with Gasteiger partial charge in [0.2, 0.25) is 5.91 Å². The maximum absolute atomic E-state index is 12.0. The van der Waals surface area contributed by atoms with Crippen molar-refractivity contribution in [2.45, 2.75) is 37.9 Å². The maximum atomic E-state index is 12.0. The van der Waals surface area contributed by atoms with Crippen LogP contribution in [0.25, 0.3) is 0 Å². The van der Waals surface area contributed by atoms with Gasteiger partial charge >= 0.3 is 0 Å². The van der Waals surface area contributed by atoms with Crippen molar-refractivity contribution in [3.8, 4) is 0 Å². The zero-order valence-electron chi connectivity index (χ0n) is 10.1. The molecule has 98 valence electrons. The van der Waals surface area contributed by atoms with Gasteiger partial charge in [0.15, 0.2) is 0 Å². The molecule has 0 aromatic carbocycles. The Kier molecular flexibility index (Phi) is 4.76. The van der Waals surface area contributed by atoms with Crippen LogP contribution in [0.3, 0.4) is 0 Å². The van der Waals surface area contributed by atoms with E-state index in [2.05, 4.69) is 0 Å². The van der Waals surface area contributed by atoms with Crippen LogP contribution >= 0.6 is 0 Å². The molecule has 2 fully saturated rings. The van der Waals surface area contributed by atoms with Crippen LogP contribution in [0.5, 0.6) is 0 Å². The van der Waals surface area contributed by atoms with E-state index in [-0.39, 0.29) is 24.7 Å². The Balaban J connectivity index is 1.78. The molecule has 0 radical (unpaired) electrons. The molecule has 2 aliphatic heterocycles. The van der Waals surface area contributed by atoms with Gasteiger partial charge in [-0.15, -0.1) is 0 Å². The number of hydrogen-bond acceptors (Lipinski definition) is 4. The predicted octanol–water partition coefficient (Wildman–Crippen LogP) is 0.165. The van der Waals surface area contributed by atoms with Gasteiger partial charge in [-0.2, -0.15) is 0 Å². The van der Waals surface area contributed by atoms with Gasteiger partial charge in [-0.25, -0.2) is 0 Å². The molecule has 1 N–H and O–H groups in total. The number of carbonyl (C=O) groups excluding carboxylic acids is 1. The second kappa shape index (κ2) is 6.33. The molecular weight excluding hydrogens is 222 g/mol. The third-order valence-electron chi connectivity index (χ3n) is 3.37. The Labute approximate surface area is 102 Å². The lowest BCUT2D eigenvalue weighted by Gasteiger charge is -2.33. The van der Waals surface area contributed by atoms with Crippen molar-refractivity contribution in [2.24, 2.45) is 0 Å². The molecule has 0 bridgehead atoms. The molecule has 0 saturated carbocycles. The first-order chi connectivity index (χ1) is 8.29. The minimum absolute atomic E-state index is 0.0241. The van der Waals surface area contributed by atoms with Gasteiger partial charge in [0.25, 0.3) is 0 Å². The highest BCUT2D eigenvalue weighted by Gasteiger charge is 2.26. The lowest BCUT2D eigenvalue weighted by molar-refractivity contribution is -0.143. The quantitative estimate of drug-likeness (QED) is 0.767. The largest absolute Gasteiger partial charge is 0.394 e. The Morgan fingerprint density at radius 3 is 2.76 bits per heavy atom. The summed E-state index contributed by atoms with van der Waals surface area (Å²) in [6.07, 6.45) is 3.58. The standard InChI is InChI=1S/C12H21NO4/c14-9-11-8-13(4-6-17-11)12(15)7-10-3-1-2-5-16-10/h10-11,14H,1-9H2. The van der Waals surface area contributed by atoms with Crippen molar-refractivity contribution in [3.05, 3.63) is 0 Å². The first-order valence-electron chi connectivity index (χ1n) is 6.41. The Morgan fingerprint density at radius 1 is 1.24 bits per heavy atom. The number of amides is 1. The van der Waals surface area contributed by atoms with Crippen molar-refractivity contribution in [3.63, 3.8) is 0 Å². The highest BCUT2D eigenvalue weighted by Crippen LogP contribution is 2.17. The van der Waals surface area contributed by atoms with E-state index >= 15 is 0 Å². The highest BCUT2D eigenvalue weighted by atomic mass is 16.5. The molecule has 0 aliphatic carbocycles. The van der Waals surface area contributed by atoms with Gasteiger partial charge in [-0.3, -0.25) is 4.79 Å². The Morgan fingerprint density at radius 2 is 2.06 bits per heavy atom. The highest BCUT2D eigenvalue weighted by molar-refractivity contribution is 5.76. The van der Waals surface area contributed by atoms with E-state index in [9.17, 15) is 4.79 Å². The summed E-state index contributed by atoms with van der Waals surface area (Å²) in [7, 11) is 0. The average molecular weight is 243 g/mol. The zero-order chi connectivity index (χ0) is 12.1. The summed E-state index contributed by atoms with van der Waals surface area (Å²) in [5.41, 5.74) is 0. The number of morpholine rings is 1. The second-order valence-corrected chi connectivity index (χ2v) is 4.71. The Bertz CT molecular complexity index is 253. The van der Waals surface area contributed by atoms with Gasteiger partial charge < -0.3 is 19.5 Å². The van der Waals surface area contributed by atoms with Crippen LogP contribution in [0.15, 0.2) is 0 Å². The molecule has 0 aromatic rings. The van der Waals surface area contributed by atoms with E-state index in [4.69, 9.17) is 14.6 Å². The second-order valence-electron chi connectivity index (χ2n) is 4.71. The van der Waals surface area contributed by atoms with Crippen LogP contribution in [0.4, 0.5) is 0 Å². The number of rotatable bonds is 3. The summed E-state index contributed by atoms with van der Waals surface area (Å²) in [5.74, 6) is 0.124. The van der Waals surface area contributed by atoms with Crippen LogP contribution in [-0.4, -0.2) is 61.0 Å². The molecule has 5 heteroatoms. The predicted molar refractivity (Wildman–Crippen MR) is 61.6 cm³/mol. The SMILES string of the molecule is O=C(CC1CCCCO1)N1CCOC(CO)C1. The number of aliphatic hydroxyl groups is 1. The van der Waals surface area contributed by atoms with Gasteiger partial charge in [0.05, 0.1) is 31.8 Å². The first kappa shape index (κ1) is 12.8. The van der Waals surface area contributed by atoms with E-state index in [1.165, 1.54) is 0 Å². The molecule has 0 aromatic heterocycles. The molecule has 2 atom stereocenters. The first-order valence-corrected chi connectivity index (χ1v) is 6.41. The lowest BCUT2D eigenvalue weighted by atomic mass is 10.1. The number of ether oxygens (including phenoxy) is 2. The molecule has 5 nitrogen and oxygen atoms in total. The van der Waals surface area contributed by atoms with Gasteiger partial charge in [-0.1, -0.05) is 0 Å². The molecule has 0 spiro atoms. The summed E-state index contributed by atoms with van der Waals surface area (Å²) < 4.78 is 10.9. The normalized spacial score (nSPS) is 30.3. The van der Waals surface area contributed by atoms with E-state index in [1.54, 1.807) is 4.90 Å². The monoisotopic (exact) mass is 243 g/mol. The summed E-state index contributed by atoms with van der Waals surface area (Å²) in [4.78, 5) is 13.8.